The van der Waals surface area contributed by atoms with E-state index < -0.39 is 0 Å². The first kappa shape index (κ1) is 13.0. The zero-order valence-electron chi connectivity index (χ0n) is 10.9. The summed E-state index contributed by atoms with van der Waals surface area (Å²) in [5.41, 5.74) is 0.803. The predicted molar refractivity (Wildman–Crippen MR) is 66.6 cm³/mol. The standard InChI is InChI=1S/C13H19N3O2/c1-10-12(4-3-7-18-10)13(17)16(2)9-11-8-14-5-6-15-11/h5-6,8,10,12H,3-4,7,9H2,1-2H3/t10-,12-/m0/s1. The number of hydrogen-bond donors (Lipinski definition) is 0. The molecule has 2 atom stereocenters. The molecule has 1 aromatic heterocycles. The minimum Gasteiger partial charge on any atom is -0.378 e. The Labute approximate surface area is 107 Å². The van der Waals surface area contributed by atoms with Crippen molar-refractivity contribution in [2.24, 2.45) is 5.92 Å². The van der Waals surface area contributed by atoms with Crippen molar-refractivity contribution in [2.75, 3.05) is 13.7 Å². The van der Waals surface area contributed by atoms with E-state index in [1.54, 1.807) is 30.5 Å². The normalized spacial score (nSPS) is 23.7. The summed E-state index contributed by atoms with van der Waals surface area (Å²) in [5, 5.41) is 0. The van der Waals surface area contributed by atoms with Crippen molar-refractivity contribution >= 4 is 5.91 Å². The molecule has 0 radical (unpaired) electrons. The number of carbonyl (C=O) groups excluding carboxylic acids is 1. The molecule has 0 aliphatic carbocycles. The Kier molecular flexibility index (Phi) is 4.25. The highest BCUT2D eigenvalue weighted by atomic mass is 16.5. The Morgan fingerprint density at radius 3 is 3.06 bits per heavy atom. The molecule has 0 saturated carbocycles. The lowest BCUT2D eigenvalue weighted by Gasteiger charge is -2.31. The molecule has 1 aliphatic heterocycles. The SMILES string of the molecule is C[C@@H]1OCCC[C@@H]1C(=O)N(C)Cc1cnccn1. The lowest BCUT2D eigenvalue weighted by molar-refractivity contribution is -0.143. The lowest BCUT2D eigenvalue weighted by atomic mass is 9.94. The average molecular weight is 249 g/mol. The second kappa shape index (κ2) is 5.91. The molecule has 0 bridgehead atoms. The Morgan fingerprint density at radius 1 is 1.56 bits per heavy atom. The fourth-order valence-electron chi connectivity index (χ4n) is 2.26. The fraction of sp³-hybridized carbons (Fsp3) is 0.615. The van der Waals surface area contributed by atoms with Gasteiger partial charge in [-0.3, -0.25) is 14.8 Å². The van der Waals surface area contributed by atoms with Crippen LogP contribution >= 0.6 is 0 Å². The second-order valence-corrected chi connectivity index (χ2v) is 4.72. The lowest BCUT2D eigenvalue weighted by Crippen LogP contribution is -2.41. The van der Waals surface area contributed by atoms with Crippen molar-refractivity contribution in [1.29, 1.82) is 0 Å². The summed E-state index contributed by atoms with van der Waals surface area (Å²) in [7, 11) is 1.80. The van der Waals surface area contributed by atoms with Gasteiger partial charge in [-0.15, -0.1) is 0 Å². The third-order valence-electron chi connectivity index (χ3n) is 3.32. The van der Waals surface area contributed by atoms with Gasteiger partial charge in [0.25, 0.3) is 0 Å². The van der Waals surface area contributed by atoms with Gasteiger partial charge < -0.3 is 9.64 Å². The number of rotatable bonds is 3. The number of amides is 1. The van der Waals surface area contributed by atoms with Crippen molar-refractivity contribution in [2.45, 2.75) is 32.4 Å². The van der Waals surface area contributed by atoms with E-state index in [1.165, 1.54) is 0 Å². The van der Waals surface area contributed by atoms with Gasteiger partial charge in [0, 0.05) is 26.0 Å². The third-order valence-corrected chi connectivity index (χ3v) is 3.32. The zero-order chi connectivity index (χ0) is 13.0. The smallest absolute Gasteiger partial charge is 0.228 e. The molecule has 0 N–H and O–H groups in total. The van der Waals surface area contributed by atoms with Gasteiger partial charge in [0.15, 0.2) is 0 Å². The molecule has 1 saturated heterocycles. The van der Waals surface area contributed by atoms with Crippen LogP contribution in [0.5, 0.6) is 0 Å². The third kappa shape index (κ3) is 3.04. The number of carbonyl (C=O) groups is 1. The Balaban J connectivity index is 1.96. The molecule has 1 amide bonds. The number of ether oxygens (including phenoxy) is 1. The first-order valence-corrected chi connectivity index (χ1v) is 6.30. The van der Waals surface area contributed by atoms with Gasteiger partial charge in [0.1, 0.15) is 0 Å². The quantitative estimate of drug-likeness (QED) is 0.809. The molecule has 0 spiro atoms. The maximum absolute atomic E-state index is 12.3. The molecular weight excluding hydrogens is 230 g/mol. The van der Waals surface area contributed by atoms with Crippen LogP contribution in [0.25, 0.3) is 0 Å². The fourth-order valence-corrected chi connectivity index (χ4v) is 2.26. The van der Waals surface area contributed by atoms with Crippen LogP contribution in [0.2, 0.25) is 0 Å². The summed E-state index contributed by atoms with van der Waals surface area (Å²) in [6, 6.07) is 0. The van der Waals surface area contributed by atoms with Gasteiger partial charge in [-0.2, -0.15) is 0 Å². The molecular formula is C13H19N3O2. The van der Waals surface area contributed by atoms with Crippen molar-refractivity contribution in [1.82, 2.24) is 14.9 Å². The van der Waals surface area contributed by atoms with E-state index in [0.29, 0.717) is 6.54 Å². The van der Waals surface area contributed by atoms with Crippen molar-refractivity contribution in [3.8, 4) is 0 Å². The number of nitrogens with zero attached hydrogens (tertiary/aromatic N) is 3. The number of aromatic nitrogens is 2. The van der Waals surface area contributed by atoms with E-state index >= 15 is 0 Å². The van der Waals surface area contributed by atoms with Crippen LogP contribution in [0.15, 0.2) is 18.6 Å². The van der Waals surface area contributed by atoms with E-state index in [-0.39, 0.29) is 17.9 Å². The molecule has 1 fully saturated rings. The van der Waals surface area contributed by atoms with Crippen molar-refractivity contribution in [3.05, 3.63) is 24.3 Å². The molecule has 1 aromatic rings. The Hall–Kier alpha value is -1.49. The maximum Gasteiger partial charge on any atom is 0.228 e. The van der Waals surface area contributed by atoms with Crippen LogP contribution in [-0.4, -0.2) is 40.5 Å². The summed E-state index contributed by atoms with van der Waals surface area (Å²) in [6.45, 7) is 3.23. The number of hydrogen-bond acceptors (Lipinski definition) is 4. The Morgan fingerprint density at radius 2 is 2.39 bits per heavy atom. The average Bonchev–Trinajstić information content (AvgIpc) is 2.39. The summed E-state index contributed by atoms with van der Waals surface area (Å²) in [4.78, 5) is 22.2. The molecule has 5 nitrogen and oxygen atoms in total. The second-order valence-electron chi connectivity index (χ2n) is 4.72. The van der Waals surface area contributed by atoms with Crippen LogP contribution in [0.4, 0.5) is 0 Å². The molecule has 1 aliphatic rings. The van der Waals surface area contributed by atoms with Gasteiger partial charge in [-0.25, -0.2) is 0 Å². The summed E-state index contributed by atoms with van der Waals surface area (Å²) < 4.78 is 5.54. The minimum absolute atomic E-state index is 0.00978. The summed E-state index contributed by atoms with van der Waals surface area (Å²) in [5.74, 6) is 0.105. The molecule has 0 unspecified atom stereocenters. The predicted octanol–water partition coefficient (Wildman–Crippen LogP) is 1.25. The topological polar surface area (TPSA) is 55.3 Å². The van der Waals surface area contributed by atoms with Crippen LogP contribution in [0.1, 0.15) is 25.5 Å². The Bertz CT molecular complexity index is 396. The van der Waals surface area contributed by atoms with E-state index in [9.17, 15) is 4.79 Å². The summed E-state index contributed by atoms with van der Waals surface area (Å²) in [6.07, 6.45) is 6.83. The summed E-state index contributed by atoms with van der Waals surface area (Å²) >= 11 is 0. The van der Waals surface area contributed by atoms with Gasteiger partial charge in [-0.1, -0.05) is 0 Å². The first-order chi connectivity index (χ1) is 8.68. The van der Waals surface area contributed by atoms with Crippen LogP contribution in [-0.2, 0) is 16.1 Å². The largest absolute Gasteiger partial charge is 0.378 e. The van der Waals surface area contributed by atoms with Crippen molar-refractivity contribution in [3.63, 3.8) is 0 Å². The van der Waals surface area contributed by atoms with E-state index in [0.717, 1.165) is 25.1 Å². The highest BCUT2D eigenvalue weighted by Crippen LogP contribution is 2.22. The van der Waals surface area contributed by atoms with Crippen LogP contribution in [0.3, 0.4) is 0 Å². The van der Waals surface area contributed by atoms with Crippen LogP contribution in [0, 0.1) is 5.92 Å². The molecule has 0 aromatic carbocycles. The molecule has 18 heavy (non-hydrogen) atoms. The minimum atomic E-state index is -0.0274. The molecule has 98 valence electrons. The van der Waals surface area contributed by atoms with Gasteiger partial charge in [0.2, 0.25) is 5.91 Å². The van der Waals surface area contributed by atoms with Gasteiger partial charge in [-0.05, 0) is 19.8 Å². The monoisotopic (exact) mass is 249 g/mol. The van der Waals surface area contributed by atoms with E-state index in [4.69, 9.17) is 4.74 Å². The van der Waals surface area contributed by atoms with Crippen LogP contribution < -0.4 is 0 Å². The highest BCUT2D eigenvalue weighted by Gasteiger charge is 2.30. The van der Waals surface area contributed by atoms with E-state index in [1.807, 2.05) is 6.92 Å². The van der Waals surface area contributed by atoms with E-state index in [2.05, 4.69) is 9.97 Å². The van der Waals surface area contributed by atoms with Gasteiger partial charge >= 0.3 is 0 Å². The highest BCUT2D eigenvalue weighted by molar-refractivity contribution is 5.79. The van der Waals surface area contributed by atoms with Crippen molar-refractivity contribution < 1.29 is 9.53 Å². The zero-order valence-corrected chi connectivity index (χ0v) is 10.9. The molecule has 5 heteroatoms. The maximum atomic E-state index is 12.3. The molecule has 2 rings (SSSR count). The van der Waals surface area contributed by atoms with Gasteiger partial charge in [0.05, 0.1) is 30.5 Å². The molecule has 2 heterocycles. The first-order valence-electron chi connectivity index (χ1n) is 6.30.